The molecule has 22 heavy (non-hydrogen) atoms. The SMILES string of the molecule is CCCCOCC1(C(=O)OC)CCCN1C(=O)OC(C)(C)C. The molecule has 1 amide bonds. The molecule has 0 saturated carbocycles. The van der Waals surface area contributed by atoms with E-state index in [1.165, 1.54) is 12.0 Å². The number of rotatable bonds is 6. The third-order valence-corrected chi connectivity index (χ3v) is 3.65. The first kappa shape index (κ1) is 18.7. The monoisotopic (exact) mass is 315 g/mol. The summed E-state index contributed by atoms with van der Waals surface area (Å²) in [6.45, 7) is 8.68. The minimum absolute atomic E-state index is 0.152. The highest BCUT2D eigenvalue weighted by Crippen LogP contribution is 2.32. The van der Waals surface area contributed by atoms with E-state index in [0.717, 1.165) is 19.3 Å². The van der Waals surface area contributed by atoms with E-state index in [2.05, 4.69) is 6.92 Å². The van der Waals surface area contributed by atoms with Crippen molar-refractivity contribution in [2.24, 2.45) is 0 Å². The number of hydrogen-bond acceptors (Lipinski definition) is 5. The van der Waals surface area contributed by atoms with Crippen LogP contribution in [0.2, 0.25) is 0 Å². The van der Waals surface area contributed by atoms with Crippen molar-refractivity contribution in [2.75, 3.05) is 26.9 Å². The number of carbonyl (C=O) groups excluding carboxylic acids is 2. The number of amides is 1. The first-order valence-electron chi connectivity index (χ1n) is 7.93. The van der Waals surface area contributed by atoms with Gasteiger partial charge in [0.1, 0.15) is 5.60 Å². The predicted molar refractivity (Wildman–Crippen MR) is 82.6 cm³/mol. The Kier molecular flexibility index (Phi) is 6.66. The van der Waals surface area contributed by atoms with Crippen molar-refractivity contribution < 1.29 is 23.8 Å². The normalized spacial score (nSPS) is 21.8. The van der Waals surface area contributed by atoms with Gasteiger partial charge >= 0.3 is 12.1 Å². The van der Waals surface area contributed by atoms with Crippen LogP contribution in [0.3, 0.4) is 0 Å². The van der Waals surface area contributed by atoms with Crippen molar-refractivity contribution in [3.63, 3.8) is 0 Å². The van der Waals surface area contributed by atoms with Crippen molar-refractivity contribution in [3.05, 3.63) is 0 Å². The fourth-order valence-electron chi connectivity index (χ4n) is 2.56. The van der Waals surface area contributed by atoms with Crippen molar-refractivity contribution in [2.45, 2.75) is 64.5 Å². The van der Waals surface area contributed by atoms with Crippen molar-refractivity contribution >= 4 is 12.1 Å². The molecule has 1 heterocycles. The Bertz CT molecular complexity index is 390. The number of ether oxygens (including phenoxy) is 3. The lowest BCUT2D eigenvalue weighted by Crippen LogP contribution is -2.57. The van der Waals surface area contributed by atoms with Gasteiger partial charge in [0.2, 0.25) is 0 Å². The maximum absolute atomic E-state index is 12.4. The molecule has 1 unspecified atom stereocenters. The molecular formula is C16H29NO5. The molecule has 0 aromatic heterocycles. The maximum Gasteiger partial charge on any atom is 0.411 e. The lowest BCUT2D eigenvalue weighted by Gasteiger charge is -2.36. The van der Waals surface area contributed by atoms with Gasteiger partial charge in [-0.05, 0) is 40.0 Å². The molecule has 1 saturated heterocycles. The van der Waals surface area contributed by atoms with Gasteiger partial charge in [-0.25, -0.2) is 9.59 Å². The number of hydrogen-bond donors (Lipinski definition) is 0. The van der Waals surface area contributed by atoms with Gasteiger partial charge in [-0.15, -0.1) is 0 Å². The van der Waals surface area contributed by atoms with E-state index in [9.17, 15) is 9.59 Å². The standard InChI is InChI=1S/C16H29NO5/c1-6-7-11-21-12-16(13(18)20-5)9-8-10-17(16)14(19)22-15(2,3)4/h6-12H2,1-5H3. The zero-order valence-corrected chi connectivity index (χ0v) is 14.4. The zero-order chi connectivity index (χ0) is 16.8. The van der Waals surface area contributed by atoms with Crippen LogP contribution >= 0.6 is 0 Å². The summed E-state index contributed by atoms with van der Waals surface area (Å²) in [6.07, 6.45) is 2.70. The fraction of sp³-hybridized carbons (Fsp3) is 0.875. The summed E-state index contributed by atoms with van der Waals surface area (Å²) in [5, 5.41) is 0. The van der Waals surface area contributed by atoms with Crippen molar-refractivity contribution in [1.82, 2.24) is 4.90 Å². The number of esters is 1. The first-order valence-corrected chi connectivity index (χ1v) is 7.93. The number of nitrogens with zero attached hydrogens (tertiary/aromatic N) is 1. The van der Waals surface area contributed by atoms with E-state index in [1.807, 2.05) is 0 Å². The van der Waals surface area contributed by atoms with Crippen LogP contribution < -0.4 is 0 Å². The summed E-state index contributed by atoms with van der Waals surface area (Å²) >= 11 is 0. The molecule has 0 aliphatic carbocycles. The molecule has 6 nitrogen and oxygen atoms in total. The minimum Gasteiger partial charge on any atom is -0.467 e. The molecule has 0 radical (unpaired) electrons. The topological polar surface area (TPSA) is 65.1 Å². The lowest BCUT2D eigenvalue weighted by molar-refractivity contribution is -0.157. The summed E-state index contributed by atoms with van der Waals surface area (Å²) in [5.41, 5.74) is -1.67. The lowest BCUT2D eigenvalue weighted by atomic mass is 9.97. The molecular weight excluding hydrogens is 286 g/mol. The Hall–Kier alpha value is -1.30. The van der Waals surface area contributed by atoms with Crippen molar-refractivity contribution in [1.29, 1.82) is 0 Å². The van der Waals surface area contributed by atoms with E-state index >= 15 is 0 Å². The van der Waals surface area contributed by atoms with Gasteiger partial charge in [0.05, 0.1) is 13.7 Å². The average molecular weight is 315 g/mol. The summed E-state index contributed by atoms with van der Waals surface area (Å²) in [6, 6.07) is 0. The molecule has 0 aromatic rings. The van der Waals surface area contributed by atoms with E-state index < -0.39 is 23.2 Å². The minimum atomic E-state index is -1.06. The summed E-state index contributed by atoms with van der Waals surface area (Å²) in [4.78, 5) is 26.2. The molecule has 0 spiro atoms. The van der Waals surface area contributed by atoms with Crippen LogP contribution in [0, 0.1) is 0 Å². The van der Waals surface area contributed by atoms with Gasteiger partial charge in [-0.3, -0.25) is 4.90 Å². The predicted octanol–water partition coefficient (Wildman–Crippen LogP) is 2.75. The smallest absolute Gasteiger partial charge is 0.411 e. The second-order valence-electron chi connectivity index (χ2n) is 6.66. The van der Waals surface area contributed by atoms with E-state index in [0.29, 0.717) is 19.6 Å². The molecule has 0 bridgehead atoms. The quantitative estimate of drug-likeness (QED) is 0.557. The van der Waals surface area contributed by atoms with Crippen LogP contribution in [0.25, 0.3) is 0 Å². The summed E-state index contributed by atoms with van der Waals surface area (Å²) < 4.78 is 16.0. The Morgan fingerprint density at radius 1 is 1.27 bits per heavy atom. The van der Waals surface area contributed by atoms with Crippen LogP contribution in [0.1, 0.15) is 53.4 Å². The zero-order valence-electron chi connectivity index (χ0n) is 14.4. The highest BCUT2D eigenvalue weighted by atomic mass is 16.6. The third kappa shape index (κ3) is 4.60. The Morgan fingerprint density at radius 3 is 2.50 bits per heavy atom. The molecule has 1 rings (SSSR count). The Morgan fingerprint density at radius 2 is 1.95 bits per heavy atom. The van der Waals surface area contributed by atoms with Gasteiger partial charge in [-0.2, -0.15) is 0 Å². The van der Waals surface area contributed by atoms with Gasteiger partial charge < -0.3 is 14.2 Å². The molecule has 1 atom stereocenters. The van der Waals surface area contributed by atoms with Crippen LogP contribution in [0.4, 0.5) is 4.79 Å². The number of likely N-dealkylation sites (tertiary alicyclic amines) is 1. The molecule has 0 N–H and O–H groups in total. The van der Waals surface area contributed by atoms with Gasteiger partial charge in [-0.1, -0.05) is 13.3 Å². The maximum atomic E-state index is 12.4. The molecule has 0 aromatic carbocycles. The van der Waals surface area contributed by atoms with E-state index in [1.54, 1.807) is 20.8 Å². The second-order valence-corrected chi connectivity index (χ2v) is 6.66. The van der Waals surface area contributed by atoms with E-state index in [4.69, 9.17) is 14.2 Å². The Labute approximate surface area is 133 Å². The highest BCUT2D eigenvalue weighted by Gasteiger charge is 2.52. The third-order valence-electron chi connectivity index (χ3n) is 3.65. The first-order chi connectivity index (χ1) is 10.3. The summed E-state index contributed by atoms with van der Waals surface area (Å²) in [5.74, 6) is -0.438. The van der Waals surface area contributed by atoms with Crippen LogP contribution in [-0.4, -0.2) is 55.0 Å². The molecule has 1 aliphatic rings. The van der Waals surface area contributed by atoms with Gasteiger partial charge in [0.15, 0.2) is 5.54 Å². The van der Waals surface area contributed by atoms with Crippen LogP contribution in [-0.2, 0) is 19.0 Å². The largest absolute Gasteiger partial charge is 0.467 e. The molecule has 1 aliphatic heterocycles. The Balaban J connectivity index is 2.87. The van der Waals surface area contributed by atoms with Gasteiger partial charge in [0, 0.05) is 13.2 Å². The summed E-state index contributed by atoms with van der Waals surface area (Å²) in [7, 11) is 1.34. The van der Waals surface area contributed by atoms with Crippen LogP contribution in [0.5, 0.6) is 0 Å². The highest BCUT2D eigenvalue weighted by molar-refractivity contribution is 5.86. The number of methoxy groups -OCH3 is 1. The van der Waals surface area contributed by atoms with Crippen LogP contribution in [0.15, 0.2) is 0 Å². The van der Waals surface area contributed by atoms with Gasteiger partial charge in [0.25, 0.3) is 0 Å². The average Bonchev–Trinajstić information content (AvgIpc) is 2.86. The van der Waals surface area contributed by atoms with E-state index in [-0.39, 0.29) is 6.61 Å². The molecule has 128 valence electrons. The van der Waals surface area contributed by atoms with Crippen molar-refractivity contribution in [3.8, 4) is 0 Å². The second kappa shape index (κ2) is 7.81. The number of unbranched alkanes of at least 4 members (excludes halogenated alkanes) is 1. The fourth-order valence-corrected chi connectivity index (χ4v) is 2.56. The molecule has 1 fully saturated rings. The number of carbonyl (C=O) groups is 2. The molecule has 6 heteroatoms.